The average molecular weight is 270 g/mol. The number of thiophene rings is 1. The summed E-state index contributed by atoms with van der Waals surface area (Å²) >= 11 is 1.56. The van der Waals surface area contributed by atoms with Crippen LogP contribution in [-0.4, -0.2) is 15.6 Å². The number of carbonyl (C=O) groups is 1. The summed E-state index contributed by atoms with van der Waals surface area (Å²) in [6, 6.07) is 10.1. The van der Waals surface area contributed by atoms with Crippen LogP contribution in [0.25, 0.3) is 10.1 Å². The predicted octanol–water partition coefficient (Wildman–Crippen LogP) is 3.54. The number of hydrogen-bond acceptors (Lipinski definition) is 3. The molecule has 4 heteroatoms. The van der Waals surface area contributed by atoms with E-state index in [1.165, 1.54) is 0 Å². The van der Waals surface area contributed by atoms with Gasteiger partial charge in [0.2, 0.25) is 0 Å². The van der Waals surface area contributed by atoms with Gasteiger partial charge in [-0.2, -0.15) is 5.10 Å². The van der Waals surface area contributed by atoms with Crippen LogP contribution < -0.4 is 0 Å². The quantitative estimate of drug-likeness (QED) is 0.680. The van der Waals surface area contributed by atoms with Gasteiger partial charge in [-0.05, 0) is 30.0 Å². The van der Waals surface area contributed by atoms with Gasteiger partial charge in [0, 0.05) is 23.9 Å². The van der Waals surface area contributed by atoms with E-state index in [1.54, 1.807) is 17.5 Å². The molecule has 0 amide bonds. The number of aromatic nitrogens is 2. The lowest BCUT2D eigenvalue weighted by Gasteiger charge is -1.94. The molecule has 3 aromatic rings. The molecule has 0 radical (unpaired) electrons. The number of rotatable bonds is 4. The Bertz CT molecular complexity index is 693. The Labute approximate surface area is 115 Å². The van der Waals surface area contributed by atoms with Crippen molar-refractivity contribution in [3.8, 4) is 0 Å². The van der Waals surface area contributed by atoms with E-state index >= 15 is 0 Å². The standard InChI is InChI=1S/C15H14N2OS/c1-2-17-10-11(9-16-17)7-13(18)15-8-12-5-3-4-6-14(12)19-15/h3-6,8-10H,2,7H2,1H3. The lowest BCUT2D eigenvalue weighted by atomic mass is 10.1. The molecule has 0 aliphatic rings. The zero-order valence-corrected chi connectivity index (χ0v) is 11.5. The molecule has 1 aromatic carbocycles. The number of carbonyl (C=O) groups excluding carboxylic acids is 1. The SMILES string of the molecule is CCn1cc(CC(=O)c2cc3ccccc3s2)cn1. The molecule has 19 heavy (non-hydrogen) atoms. The Morgan fingerprint density at radius 3 is 2.95 bits per heavy atom. The highest BCUT2D eigenvalue weighted by molar-refractivity contribution is 7.20. The maximum absolute atomic E-state index is 12.3. The minimum atomic E-state index is 0.164. The van der Waals surface area contributed by atoms with E-state index in [0.717, 1.165) is 27.1 Å². The zero-order valence-electron chi connectivity index (χ0n) is 10.7. The number of fused-ring (bicyclic) bond motifs is 1. The third-order valence-corrected chi connectivity index (χ3v) is 4.23. The van der Waals surface area contributed by atoms with Crippen LogP contribution in [0.15, 0.2) is 42.7 Å². The summed E-state index contributed by atoms with van der Waals surface area (Å²) in [6.45, 7) is 2.86. The van der Waals surface area contributed by atoms with Gasteiger partial charge in [-0.25, -0.2) is 0 Å². The van der Waals surface area contributed by atoms with Crippen LogP contribution in [-0.2, 0) is 13.0 Å². The fraction of sp³-hybridized carbons (Fsp3) is 0.200. The Morgan fingerprint density at radius 2 is 2.21 bits per heavy atom. The molecule has 3 rings (SSSR count). The Morgan fingerprint density at radius 1 is 1.37 bits per heavy atom. The molecule has 3 nitrogen and oxygen atoms in total. The molecule has 96 valence electrons. The van der Waals surface area contributed by atoms with Gasteiger partial charge in [0.25, 0.3) is 0 Å². The fourth-order valence-electron chi connectivity index (χ4n) is 2.06. The first-order valence-electron chi connectivity index (χ1n) is 6.29. The van der Waals surface area contributed by atoms with Crippen LogP contribution in [0, 0.1) is 0 Å². The molecule has 0 fully saturated rings. The molecule has 0 N–H and O–H groups in total. The van der Waals surface area contributed by atoms with E-state index in [0.29, 0.717) is 6.42 Å². The number of ketones is 1. The summed E-state index contributed by atoms with van der Waals surface area (Å²) < 4.78 is 3.00. The van der Waals surface area contributed by atoms with Crippen molar-refractivity contribution >= 4 is 27.2 Å². The summed E-state index contributed by atoms with van der Waals surface area (Å²) in [6.07, 6.45) is 4.13. The van der Waals surface area contributed by atoms with Gasteiger partial charge in [0.15, 0.2) is 5.78 Å². The van der Waals surface area contributed by atoms with Gasteiger partial charge in [-0.3, -0.25) is 9.48 Å². The first-order valence-corrected chi connectivity index (χ1v) is 7.11. The summed E-state index contributed by atoms with van der Waals surface area (Å²) in [5.41, 5.74) is 0.976. The topological polar surface area (TPSA) is 34.9 Å². The smallest absolute Gasteiger partial charge is 0.177 e. The van der Waals surface area contributed by atoms with E-state index in [-0.39, 0.29) is 5.78 Å². The molecule has 0 unspecified atom stereocenters. The zero-order chi connectivity index (χ0) is 13.2. The highest BCUT2D eigenvalue weighted by Gasteiger charge is 2.11. The van der Waals surface area contributed by atoms with Gasteiger partial charge in [0.1, 0.15) is 0 Å². The molecule has 0 aliphatic heterocycles. The predicted molar refractivity (Wildman–Crippen MR) is 77.8 cm³/mol. The molecule has 0 saturated carbocycles. The molecule has 0 aliphatic carbocycles. The molecule has 2 heterocycles. The molecular formula is C15H14N2OS. The average Bonchev–Trinajstić information content (AvgIpc) is 3.04. The fourth-order valence-corrected chi connectivity index (χ4v) is 3.06. The van der Waals surface area contributed by atoms with Crippen molar-refractivity contribution in [1.82, 2.24) is 9.78 Å². The first-order chi connectivity index (χ1) is 9.26. The number of benzene rings is 1. The number of Topliss-reactive ketones (excluding diaryl/α,β-unsaturated/α-hetero) is 1. The van der Waals surface area contributed by atoms with Gasteiger partial charge in [-0.15, -0.1) is 11.3 Å². The van der Waals surface area contributed by atoms with Crippen molar-refractivity contribution in [2.24, 2.45) is 0 Å². The molecule has 0 bridgehead atoms. The molecular weight excluding hydrogens is 256 g/mol. The number of aryl methyl sites for hydroxylation is 1. The van der Waals surface area contributed by atoms with Gasteiger partial charge in [-0.1, -0.05) is 18.2 Å². The van der Waals surface area contributed by atoms with Gasteiger partial charge < -0.3 is 0 Å². The Hall–Kier alpha value is -1.94. The Kier molecular flexibility index (Phi) is 3.17. The van der Waals surface area contributed by atoms with E-state index < -0.39 is 0 Å². The second-order valence-corrected chi connectivity index (χ2v) is 5.54. The highest BCUT2D eigenvalue weighted by atomic mass is 32.1. The maximum atomic E-state index is 12.3. The number of hydrogen-bond donors (Lipinski definition) is 0. The third kappa shape index (κ3) is 2.44. The van der Waals surface area contributed by atoms with Crippen LogP contribution in [0.5, 0.6) is 0 Å². The van der Waals surface area contributed by atoms with Crippen LogP contribution in [0.3, 0.4) is 0 Å². The normalized spacial score (nSPS) is 11.0. The summed E-state index contributed by atoms with van der Waals surface area (Å²) in [5.74, 6) is 0.164. The molecule has 0 spiro atoms. The van der Waals surface area contributed by atoms with E-state index in [1.807, 2.05) is 48.1 Å². The summed E-state index contributed by atoms with van der Waals surface area (Å²) in [4.78, 5) is 13.1. The Balaban J connectivity index is 1.83. The maximum Gasteiger partial charge on any atom is 0.177 e. The monoisotopic (exact) mass is 270 g/mol. The largest absolute Gasteiger partial charge is 0.293 e. The van der Waals surface area contributed by atoms with Crippen molar-refractivity contribution in [2.45, 2.75) is 19.9 Å². The number of nitrogens with zero attached hydrogens (tertiary/aromatic N) is 2. The minimum Gasteiger partial charge on any atom is -0.293 e. The lowest BCUT2D eigenvalue weighted by Crippen LogP contribution is -2.00. The highest BCUT2D eigenvalue weighted by Crippen LogP contribution is 2.26. The van der Waals surface area contributed by atoms with E-state index in [9.17, 15) is 4.79 Å². The second kappa shape index (κ2) is 4.97. The third-order valence-electron chi connectivity index (χ3n) is 3.08. The van der Waals surface area contributed by atoms with Crippen LogP contribution >= 0.6 is 11.3 Å². The van der Waals surface area contributed by atoms with Crippen LogP contribution in [0.1, 0.15) is 22.2 Å². The van der Waals surface area contributed by atoms with Crippen molar-refractivity contribution in [3.05, 3.63) is 53.2 Å². The first kappa shape index (κ1) is 12.1. The lowest BCUT2D eigenvalue weighted by molar-refractivity contribution is 0.0997. The summed E-state index contributed by atoms with van der Waals surface area (Å²) in [7, 11) is 0. The van der Waals surface area contributed by atoms with Gasteiger partial charge in [0.05, 0.1) is 11.1 Å². The van der Waals surface area contributed by atoms with Crippen LogP contribution in [0.2, 0.25) is 0 Å². The van der Waals surface area contributed by atoms with Crippen molar-refractivity contribution in [1.29, 1.82) is 0 Å². The van der Waals surface area contributed by atoms with E-state index in [4.69, 9.17) is 0 Å². The molecule has 2 aromatic heterocycles. The van der Waals surface area contributed by atoms with Crippen molar-refractivity contribution in [2.75, 3.05) is 0 Å². The summed E-state index contributed by atoms with van der Waals surface area (Å²) in [5, 5.41) is 5.33. The second-order valence-electron chi connectivity index (χ2n) is 4.45. The van der Waals surface area contributed by atoms with Crippen molar-refractivity contribution in [3.63, 3.8) is 0 Å². The van der Waals surface area contributed by atoms with Crippen LogP contribution in [0.4, 0.5) is 0 Å². The van der Waals surface area contributed by atoms with Crippen molar-refractivity contribution < 1.29 is 4.79 Å². The molecule has 0 saturated heterocycles. The van der Waals surface area contributed by atoms with E-state index in [2.05, 4.69) is 5.10 Å². The minimum absolute atomic E-state index is 0.164. The molecule has 0 atom stereocenters. The van der Waals surface area contributed by atoms with Gasteiger partial charge >= 0.3 is 0 Å².